The monoisotopic (exact) mass is 430 g/mol. The first-order valence-corrected chi connectivity index (χ1v) is 11.0. The number of carbonyl (C=O) groups excluding carboxylic acids is 2. The third-order valence-electron chi connectivity index (χ3n) is 5.69. The zero-order valence-electron chi connectivity index (χ0n) is 17.1. The Morgan fingerprint density at radius 2 is 2.03 bits per heavy atom. The lowest BCUT2D eigenvalue weighted by Gasteiger charge is -2.22. The molecule has 0 bridgehead atoms. The second-order valence-corrected chi connectivity index (χ2v) is 8.98. The molecule has 2 atom stereocenters. The van der Waals surface area contributed by atoms with Gasteiger partial charge in [-0.3, -0.25) is 9.79 Å². The molecule has 1 aromatic carbocycles. The van der Waals surface area contributed by atoms with Crippen molar-refractivity contribution in [3.8, 4) is 10.6 Å². The summed E-state index contributed by atoms with van der Waals surface area (Å²) in [5, 5.41) is 18.0. The van der Waals surface area contributed by atoms with Crippen LogP contribution in [0.25, 0.3) is 10.6 Å². The fourth-order valence-electron chi connectivity index (χ4n) is 3.75. The van der Waals surface area contributed by atoms with E-state index in [1.54, 1.807) is 16.8 Å². The number of ether oxygens (including phenoxy) is 1. The number of carbonyl (C=O) groups is 2. The normalized spacial score (nSPS) is 23.1. The van der Waals surface area contributed by atoms with Crippen molar-refractivity contribution in [3.63, 3.8) is 0 Å². The van der Waals surface area contributed by atoms with Crippen molar-refractivity contribution < 1.29 is 19.4 Å². The van der Waals surface area contributed by atoms with Crippen LogP contribution in [0.4, 0.5) is 0 Å². The Hall–Kier alpha value is -2.52. The van der Waals surface area contributed by atoms with Gasteiger partial charge in [-0.2, -0.15) is 5.10 Å². The molecular weight excluding hydrogens is 404 g/mol. The Morgan fingerprint density at radius 1 is 1.30 bits per heavy atom. The predicted molar refractivity (Wildman–Crippen MR) is 112 cm³/mol. The van der Waals surface area contributed by atoms with E-state index in [0.29, 0.717) is 24.8 Å². The fourth-order valence-corrected chi connectivity index (χ4v) is 4.71. The van der Waals surface area contributed by atoms with Gasteiger partial charge in [0, 0.05) is 18.2 Å². The van der Waals surface area contributed by atoms with E-state index >= 15 is 0 Å². The van der Waals surface area contributed by atoms with Crippen LogP contribution in [0.1, 0.15) is 48.9 Å². The molecule has 1 aromatic heterocycles. The lowest BCUT2D eigenvalue weighted by molar-refractivity contribution is -0.144. The van der Waals surface area contributed by atoms with Gasteiger partial charge < -0.3 is 15.2 Å². The second kappa shape index (κ2) is 8.31. The van der Waals surface area contributed by atoms with Crippen LogP contribution in [-0.4, -0.2) is 51.6 Å². The quantitative estimate of drug-likeness (QED) is 0.704. The standard InChI is InChI=1S/C21H26N4O4S/c1-25-20(22-15-4-3-5-16(26)12-15)30-18(24-25)14-8-6-13(7-9-14)17(27)23-21(10-11-21)19(28)29-2/h6-9,15-16,26H,3-5,10-12H2,1-2H3,(H,23,27)/b22-20+. The third-order valence-corrected chi connectivity index (χ3v) is 6.75. The highest BCUT2D eigenvalue weighted by Gasteiger charge is 2.52. The van der Waals surface area contributed by atoms with Crippen molar-refractivity contribution in [3.05, 3.63) is 34.6 Å². The molecule has 2 fully saturated rings. The number of aliphatic hydroxyl groups excluding tert-OH is 1. The molecule has 2 aromatic rings. The van der Waals surface area contributed by atoms with E-state index in [1.165, 1.54) is 18.4 Å². The first-order chi connectivity index (χ1) is 14.4. The topological polar surface area (TPSA) is 106 Å². The Bertz CT molecular complexity index is 1010. The van der Waals surface area contributed by atoms with Gasteiger partial charge in [0.05, 0.1) is 19.3 Å². The highest BCUT2D eigenvalue weighted by molar-refractivity contribution is 7.12. The molecule has 2 N–H and O–H groups in total. The van der Waals surface area contributed by atoms with Crippen molar-refractivity contribution >= 4 is 23.2 Å². The van der Waals surface area contributed by atoms with Gasteiger partial charge in [-0.05, 0) is 50.7 Å². The summed E-state index contributed by atoms with van der Waals surface area (Å²) in [5.74, 6) is -0.690. The van der Waals surface area contributed by atoms with E-state index in [9.17, 15) is 14.7 Å². The summed E-state index contributed by atoms with van der Waals surface area (Å²) < 4.78 is 6.54. The van der Waals surface area contributed by atoms with Gasteiger partial charge in [-0.1, -0.05) is 23.5 Å². The molecule has 2 aliphatic rings. The number of rotatable bonds is 5. The van der Waals surface area contributed by atoms with Crippen LogP contribution in [-0.2, 0) is 16.6 Å². The molecule has 0 saturated heterocycles. The van der Waals surface area contributed by atoms with Gasteiger partial charge in [-0.15, -0.1) is 0 Å². The number of amides is 1. The van der Waals surface area contributed by atoms with Crippen LogP contribution in [0.5, 0.6) is 0 Å². The van der Waals surface area contributed by atoms with E-state index in [2.05, 4.69) is 10.4 Å². The summed E-state index contributed by atoms with van der Waals surface area (Å²) in [6, 6.07) is 7.28. The molecule has 9 heteroatoms. The molecule has 4 rings (SSSR count). The Balaban J connectivity index is 1.48. The van der Waals surface area contributed by atoms with Gasteiger partial charge in [0.25, 0.3) is 5.91 Å². The minimum Gasteiger partial charge on any atom is -0.467 e. The summed E-state index contributed by atoms with van der Waals surface area (Å²) in [6.07, 6.45) is 4.47. The highest BCUT2D eigenvalue weighted by Crippen LogP contribution is 2.36. The SMILES string of the molecule is COC(=O)C1(NC(=O)c2ccc(-c3nn(C)/c(=N\C4CCCC(O)C4)s3)cc2)CC1. The molecule has 8 nitrogen and oxygen atoms in total. The molecule has 2 unspecified atom stereocenters. The molecular formula is C21H26N4O4S. The summed E-state index contributed by atoms with van der Waals surface area (Å²) in [6.45, 7) is 0. The predicted octanol–water partition coefficient (Wildman–Crippen LogP) is 1.79. The van der Waals surface area contributed by atoms with Gasteiger partial charge in [-0.25, -0.2) is 9.48 Å². The van der Waals surface area contributed by atoms with Gasteiger partial charge in [0.1, 0.15) is 10.5 Å². The number of hydrogen-bond donors (Lipinski definition) is 2. The molecule has 2 aliphatic carbocycles. The molecule has 160 valence electrons. The van der Waals surface area contributed by atoms with Crippen molar-refractivity contribution in [2.75, 3.05) is 7.11 Å². The maximum absolute atomic E-state index is 12.5. The molecule has 0 aliphatic heterocycles. The van der Waals surface area contributed by atoms with E-state index < -0.39 is 11.5 Å². The fraction of sp³-hybridized carbons (Fsp3) is 0.524. The number of nitrogens with zero attached hydrogens (tertiary/aromatic N) is 3. The smallest absolute Gasteiger partial charge is 0.331 e. The number of hydrogen-bond acceptors (Lipinski definition) is 7. The van der Waals surface area contributed by atoms with E-state index in [-0.39, 0.29) is 18.1 Å². The van der Waals surface area contributed by atoms with Crippen molar-refractivity contribution in [2.45, 2.75) is 56.2 Å². The molecule has 0 spiro atoms. The van der Waals surface area contributed by atoms with Crippen LogP contribution < -0.4 is 10.1 Å². The first-order valence-electron chi connectivity index (χ1n) is 10.2. The third kappa shape index (κ3) is 4.32. The second-order valence-electron chi connectivity index (χ2n) is 8.02. The van der Waals surface area contributed by atoms with Crippen LogP contribution in [0, 0.1) is 0 Å². The van der Waals surface area contributed by atoms with E-state index in [1.807, 2.05) is 19.2 Å². The van der Waals surface area contributed by atoms with E-state index in [0.717, 1.165) is 34.6 Å². The maximum atomic E-state index is 12.5. The van der Waals surface area contributed by atoms with Crippen molar-refractivity contribution in [1.82, 2.24) is 15.1 Å². The van der Waals surface area contributed by atoms with Crippen LogP contribution in [0.15, 0.2) is 29.3 Å². The highest BCUT2D eigenvalue weighted by atomic mass is 32.1. The minimum atomic E-state index is -0.864. The Morgan fingerprint density at radius 3 is 2.67 bits per heavy atom. The lowest BCUT2D eigenvalue weighted by Crippen LogP contribution is -2.43. The van der Waals surface area contributed by atoms with Crippen molar-refractivity contribution in [1.29, 1.82) is 0 Å². The number of esters is 1. The lowest BCUT2D eigenvalue weighted by atomic mass is 9.94. The average molecular weight is 431 g/mol. The number of aromatic nitrogens is 2. The number of methoxy groups -OCH3 is 1. The molecule has 0 radical (unpaired) electrons. The molecule has 1 heterocycles. The molecule has 1 amide bonds. The summed E-state index contributed by atoms with van der Waals surface area (Å²) in [5.41, 5.74) is 0.513. The van der Waals surface area contributed by atoms with Crippen LogP contribution >= 0.6 is 11.3 Å². The summed E-state index contributed by atoms with van der Waals surface area (Å²) in [7, 11) is 3.19. The number of aryl methyl sites for hydroxylation is 1. The molecule has 30 heavy (non-hydrogen) atoms. The first kappa shape index (κ1) is 20.7. The van der Waals surface area contributed by atoms with Gasteiger partial charge in [0.15, 0.2) is 0 Å². The number of aliphatic hydroxyl groups is 1. The van der Waals surface area contributed by atoms with Crippen molar-refractivity contribution in [2.24, 2.45) is 12.0 Å². The zero-order valence-corrected chi connectivity index (χ0v) is 17.9. The summed E-state index contributed by atoms with van der Waals surface area (Å²) >= 11 is 1.49. The average Bonchev–Trinajstić information content (AvgIpc) is 3.43. The largest absolute Gasteiger partial charge is 0.467 e. The summed E-state index contributed by atoms with van der Waals surface area (Å²) in [4.78, 5) is 29.9. The number of nitrogens with one attached hydrogen (secondary N) is 1. The minimum absolute atomic E-state index is 0.129. The van der Waals surface area contributed by atoms with Crippen LogP contribution in [0.3, 0.4) is 0 Å². The number of benzene rings is 1. The van der Waals surface area contributed by atoms with Crippen LogP contribution in [0.2, 0.25) is 0 Å². The molecule has 2 saturated carbocycles. The zero-order chi connectivity index (χ0) is 21.3. The Kier molecular flexibility index (Phi) is 5.75. The van der Waals surface area contributed by atoms with Gasteiger partial charge >= 0.3 is 5.97 Å². The van der Waals surface area contributed by atoms with Gasteiger partial charge in [0.2, 0.25) is 4.80 Å². The Labute approximate surface area is 178 Å². The maximum Gasteiger partial charge on any atom is 0.331 e. The van der Waals surface area contributed by atoms with E-state index in [4.69, 9.17) is 9.73 Å².